The lowest BCUT2D eigenvalue weighted by molar-refractivity contribution is 0.198. The Balaban J connectivity index is 1.45. The fourth-order valence-corrected chi connectivity index (χ4v) is 5.44. The second kappa shape index (κ2) is 7.41. The number of ether oxygens (including phenoxy) is 1. The number of nitrogens with zero attached hydrogens (tertiary/aromatic N) is 1. The largest absolute Gasteiger partial charge is 0.489 e. The van der Waals surface area contributed by atoms with Gasteiger partial charge in [0.2, 0.25) is 10.0 Å². The smallest absolute Gasteiger partial charge is 0.211 e. The Kier molecular flexibility index (Phi) is 5.10. The monoisotopic (exact) mass is 400 g/mol. The van der Waals surface area contributed by atoms with Gasteiger partial charge >= 0.3 is 0 Å². The van der Waals surface area contributed by atoms with E-state index in [1.165, 1.54) is 11.8 Å². The van der Waals surface area contributed by atoms with Crippen LogP contribution in [0.5, 0.6) is 5.75 Å². The van der Waals surface area contributed by atoms with Gasteiger partial charge in [-0.2, -0.15) is 0 Å². The lowest BCUT2D eigenvalue weighted by Gasteiger charge is -2.40. The van der Waals surface area contributed by atoms with Crippen LogP contribution in [0.4, 0.5) is 5.69 Å². The molecule has 6 heteroatoms. The Morgan fingerprint density at radius 3 is 2.54 bits per heavy atom. The van der Waals surface area contributed by atoms with Gasteiger partial charge in [0.15, 0.2) is 0 Å². The highest BCUT2D eigenvalue weighted by atomic mass is 32.2. The van der Waals surface area contributed by atoms with Gasteiger partial charge in [0.25, 0.3) is 0 Å². The zero-order valence-electron chi connectivity index (χ0n) is 16.5. The quantitative estimate of drug-likeness (QED) is 0.833. The topological polar surface area (TPSA) is 58.6 Å². The fourth-order valence-electron chi connectivity index (χ4n) is 4.56. The molecule has 150 valence electrons. The van der Waals surface area contributed by atoms with Gasteiger partial charge in [-0.3, -0.25) is 0 Å². The number of hydrogen-bond acceptors (Lipinski definition) is 4. The predicted molar refractivity (Wildman–Crippen MR) is 112 cm³/mol. The summed E-state index contributed by atoms with van der Waals surface area (Å²) in [6, 6.07) is 16.5. The van der Waals surface area contributed by atoms with E-state index in [0.717, 1.165) is 36.4 Å². The van der Waals surface area contributed by atoms with Gasteiger partial charge in [-0.05, 0) is 36.0 Å². The van der Waals surface area contributed by atoms with Crippen molar-refractivity contribution in [2.45, 2.75) is 31.8 Å². The molecule has 5 nitrogen and oxygen atoms in total. The lowest BCUT2D eigenvalue weighted by Crippen LogP contribution is -2.44. The van der Waals surface area contributed by atoms with E-state index >= 15 is 0 Å². The molecule has 1 unspecified atom stereocenters. The van der Waals surface area contributed by atoms with Gasteiger partial charge in [0.1, 0.15) is 12.4 Å². The van der Waals surface area contributed by atoms with Gasteiger partial charge < -0.3 is 10.1 Å². The molecule has 0 aromatic heterocycles. The number of fused-ring (bicyclic) bond motifs is 1. The first kappa shape index (κ1) is 19.3. The summed E-state index contributed by atoms with van der Waals surface area (Å²) in [4.78, 5) is 0. The van der Waals surface area contributed by atoms with Crippen LogP contribution in [0.1, 0.15) is 30.9 Å². The van der Waals surface area contributed by atoms with Crippen molar-refractivity contribution in [3.63, 3.8) is 0 Å². The summed E-state index contributed by atoms with van der Waals surface area (Å²) in [6.07, 6.45) is 3.10. The van der Waals surface area contributed by atoms with Crippen LogP contribution in [-0.4, -0.2) is 38.6 Å². The molecule has 1 saturated heterocycles. The van der Waals surface area contributed by atoms with Crippen LogP contribution < -0.4 is 10.1 Å². The normalized spacial score (nSPS) is 23.2. The molecule has 0 radical (unpaired) electrons. The van der Waals surface area contributed by atoms with E-state index in [0.29, 0.717) is 25.6 Å². The van der Waals surface area contributed by atoms with Gasteiger partial charge in [-0.15, -0.1) is 0 Å². The summed E-state index contributed by atoms with van der Waals surface area (Å²) in [6.45, 7) is 4.98. The molecule has 2 aliphatic heterocycles. The molecule has 1 fully saturated rings. The third-order valence-corrected chi connectivity index (χ3v) is 7.63. The molecule has 28 heavy (non-hydrogen) atoms. The van der Waals surface area contributed by atoms with E-state index in [1.54, 1.807) is 4.31 Å². The van der Waals surface area contributed by atoms with Crippen molar-refractivity contribution >= 4 is 15.7 Å². The highest BCUT2D eigenvalue weighted by molar-refractivity contribution is 7.88. The molecule has 4 rings (SSSR count). The minimum absolute atomic E-state index is 0.0247. The number of sulfonamides is 1. The first-order valence-electron chi connectivity index (χ1n) is 9.86. The van der Waals surface area contributed by atoms with Crippen molar-refractivity contribution in [3.8, 4) is 5.75 Å². The zero-order chi connectivity index (χ0) is 19.8. The van der Waals surface area contributed by atoms with Crippen LogP contribution in [0, 0.1) is 5.92 Å². The van der Waals surface area contributed by atoms with E-state index in [4.69, 9.17) is 4.74 Å². The second-order valence-corrected chi connectivity index (χ2v) is 10.2. The van der Waals surface area contributed by atoms with Gasteiger partial charge in [-0.1, -0.05) is 43.3 Å². The van der Waals surface area contributed by atoms with Crippen molar-refractivity contribution in [2.24, 2.45) is 5.92 Å². The molecule has 2 aromatic carbocycles. The Hall–Kier alpha value is -2.05. The zero-order valence-corrected chi connectivity index (χ0v) is 17.3. The molecular weight excluding hydrogens is 372 g/mol. The highest BCUT2D eigenvalue weighted by Crippen LogP contribution is 2.46. The molecule has 1 N–H and O–H groups in total. The molecule has 2 aromatic rings. The second-order valence-electron chi connectivity index (χ2n) is 8.19. The van der Waals surface area contributed by atoms with E-state index < -0.39 is 10.0 Å². The summed E-state index contributed by atoms with van der Waals surface area (Å²) < 4.78 is 31.2. The minimum atomic E-state index is -3.09. The third-order valence-electron chi connectivity index (χ3n) is 6.32. The van der Waals surface area contributed by atoms with E-state index in [1.807, 2.05) is 18.2 Å². The van der Waals surface area contributed by atoms with Crippen molar-refractivity contribution in [2.75, 3.05) is 31.2 Å². The molecule has 2 aliphatic rings. The first-order valence-corrected chi connectivity index (χ1v) is 11.7. The average Bonchev–Trinajstić information content (AvgIpc) is 3.04. The average molecular weight is 401 g/mol. The van der Waals surface area contributed by atoms with Crippen molar-refractivity contribution in [1.29, 1.82) is 0 Å². The molecule has 0 saturated carbocycles. The van der Waals surface area contributed by atoms with Crippen LogP contribution in [-0.2, 0) is 22.0 Å². The Bertz CT molecular complexity index is 938. The van der Waals surface area contributed by atoms with Crippen LogP contribution in [0.3, 0.4) is 0 Å². The van der Waals surface area contributed by atoms with Crippen molar-refractivity contribution < 1.29 is 13.2 Å². The summed E-state index contributed by atoms with van der Waals surface area (Å²) >= 11 is 0. The summed E-state index contributed by atoms with van der Waals surface area (Å²) in [5.41, 5.74) is 3.63. The van der Waals surface area contributed by atoms with Crippen LogP contribution in [0.15, 0.2) is 48.5 Å². The van der Waals surface area contributed by atoms with Gasteiger partial charge in [0, 0.05) is 36.8 Å². The van der Waals surface area contributed by atoms with E-state index in [2.05, 4.69) is 42.6 Å². The number of anilines is 1. The van der Waals surface area contributed by atoms with Crippen LogP contribution in [0.2, 0.25) is 0 Å². The minimum Gasteiger partial charge on any atom is -0.489 e. The van der Waals surface area contributed by atoms with Crippen LogP contribution in [0.25, 0.3) is 0 Å². The number of rotatable bonds is 5. The Labute approximate surface area is 167 Å². The maximum absolute atomic E-state index is 11.8. The molecule has 2 heterocycles. The maximum atomic E-state index is 11.8. The number of nitrogens with one attached hydrogen (secondary N) is 1. The SMILES string of the molecule is CC1(C2CCN(S(C)(=O)=O)CC2)CNc2cc(OCc3ccccc3)ccc21. The molecule has 0 bridgehead atoms. The molecule has 0 aliphatic carbocycles. The molecule has 0 amide bonds. The van der Waals surface area contributed by atoms with Crippen LogP contribution >= 0.6 is 0 Å². The Morgan fingerprint density at radius 1 is 1.14 bits per heavy atom. The molecular formula is C22H28N2O3S. The maximum Gasteiger partial charge on any atom is 0.211 e. The summed E-state index contributed by atoms with van der Waals surface area (Å²) in [5, 5.41) is 3.56. The highest BCUT2D eigenvalue weighted by Gasteiger charge is 2.43. The fraction of sp³-hybridized carbons (Fsp3) is 0.455. The summed E-state index contributed by atoms with van der Waals surface area (Å²) in [7, 11) is -3.09. The molecule has 0 spiro atoms. The Morgan fingerprint density at radius 2 is 1.86 bits per heavy atom. The first-order chi connectivity index (χ1) is 13.4. The number of benzene rings is 2. The van der Waals surface area contributed by atoms with Crippen molar-refractivity contribution in [1.82, 2.24) is 4.31 Å². The number of piperidine rings is 1. The van der Waals surface area contributed by atoms with Gasteiger partial charge in [0.05, 0.1) is 6.26 Å². The summed E-state index contributed by atoms with van der Waals surface area (Å²) in [5.74, 6) is 1.33. The van der Waals surface area contributed by atoms with E-state index in [-0.39, 0.29) is 5.41 Å². The predicted octanol–water partition coefficient (Wildman–Crippen LogP) is 3.62. The molecule has 1 atom stereocenters. The van der Waals surface area contributed by atoms with Crippen molar-refractivity contribution in [3.05, 3.63) is 59.7 Å². The number of hydrogen-bond donors (Lipinski definition) is 1. The van der Waals surface area contributed by atoms with Gasteiger partial charge in [-0.25, -0.2) is 12.7 Å². The van der Waals surface area contributed by atoms with E-state index in [9.17, 15) is 8.42 Å². The lowest BCUT2D eigenvalue weighted by atomic mass is 9.69. The standard InChI is InChI=1S/C22H28N2O3S/c1-22(18-10-12-24(13-11-18)28(2,25)26)16-23-21-14-19(8-9-20(21)22)27-15-17-6-4-3-5-7-17/h3-9,14,18,23H,10-13,15-16H2,1-2H3. The third kappa shape index (κ3) is 3.76.